The van der Waals surface area contributed by atoms with Crippen molar-refractivity contribution in [1.29, 1.82) is 0 Å². The highest BCUT2D eigenvalue weighted by molar-refractivity contribution is 9.10. The van der Waals surface area contributed by atoms with E-state index < -0.39 is 5.97 Å². The summed E-state index contributed by atoms with van der Waals surface area (Å²) in [5.41, 5.74) is 1.24. The summed E-state index contributed by atoms with van der Waals surface area (Å²) in [6, 6.07) is 22.4. The average Bonchev–Trinajstić information content (AvgIpc) is 3.45. The van der Waals surface area contributed by atoms with Gasteiger partial charge in [0.25, 0.3) is 5.56 Å². The predicted octanol–water partition coefficient (Wildman–Crippen LogP) is 5.92. The average molecular weight is 558 g/mol. The summed E-state index contributed by atoms with van der Waals surface area (Å²) >= 11 is 3.35. The van der Waals surface area contributed by atoms with Gasteiger partial charge in [-0.1, -0.05) is 28.1 Å². The molecule has 5 aromatic rings. The molecule has 0 aliphatic carbocycles. The van der Waals surface area contributed by atoms with Gasteiger partial charge in [0.1, 0.15) is 0 Å². The molecule has 0 saturated carbocycles. The zero-order valence-corrected chi connectivity index (χ0v) is 21.2. The molecule has 2 heterocycles. The van der Waals surface area contributed by atoms with Crippen LogP contribution in [0.2, 0.25) is 0 Å². The number of halogens is 1. The number of hydrogen-bond acceptors (Lipinski definition) is 7. The van der Waals surface area contributed by atoms with Crippen LogP contribution in [0.4, 0.5) is 0 Å². The van der Waals surface area contributed by atoms with Gasteiger partial charge in [-0.15, -0.1) is 0 Å². The van der Waals surface area contributed by atoms with Gasteiger partial charge in [-0.05, 0) is 79.2 Å². The van der Waals surface area contributed by atoms with E-state index in [1.54, 1.807) is 72.8 Å². The second-order valence-corrected chi connectivity index (χ2v) is 8.74. The largest absolute Gasteiger partial charge is 0.490 e. The van der Waals surface area contributed by atoms with E-state index in [-0.39, 0.29) is 17.1 Å². The van der Waals surface area contributed by atoms with Crippen LogP contribution in [0, 0.1) is 0 Å². The van der Waals surface area contributed by atoms with Crippen LogP contribution in [0.5, 0.6) is 11.5 Å². The first-order valence-electron chi connectivity index (χ1n) is 11.4. The number of esters is 1. The van der Waals surface area contributed by atoms with Crippen LogP contribution < -0.4 is 15.0 Å². The van der Waals surface area contributed by atoms with Crippen LogP contribution in [0.15, 0.2) is 104 Å². The molecule has 0 radical (unpaired) electrons. The van der Waals surface area contributed by atoms with Gasteiger partial charge in [-0.3, -0.25) is 4.79 Å². The molecule has 0 aliphatic rings. The number of fused-ring (bicyclic) bond motifs is 1. The van der Waals surface area contributed by atoms with Crippen molar-refractivity contribution in [3.8, 4) is 23.1 Å². The van der Waals surface area contributed by atoms with Crippen molar-refractivity contribution < 1.29 is 18.7 Å². The Labute approximate surface area is 219 Å². The van der Waals surface area contributed by atoms with E-state index in [0.29, 0.717) is 40.1 Å². The molecule has 0 aliphatic heterocycles. The number of benzene rings is 3. The van der Waals surface area contributed by atoms with E-state index >= 15 is 0 Å². The molecule has 0 N–H and O–H groups in total. The minimum Gasteiger partial charge on any atom is -0.490 e. The van der Waals surface area contributed by atoms with E-state index in [0.717, 1.165) is 4.47 Å². The number of hydrogen-bond donors (Lipinski definition) is 0. The third kappa shape index (κ3) is 5.22. The third-order valence-corrected chi connectivity index (χ3v) is 5.90. The second kappa shape index (κ2) is 10.6. The minimum absolute atomic E-state index is 0.271. The zero-order chi connectivity index (χ0) is 25.8. The third-order valence-electron chi connectivity index (χ3n) is 5.37. The maximum absolute atomic E-state index is 13.2. The highest BCUT2D eigenvalue weighted by atomic mass is 79.9. The van der Waals surface area contributed by atoms with Gasteiger partial charge < -0.3 is 13.9 Å². The second-order valence-electron chi connectivity index (χ2n) is 7.83. The van der Waals surface area contributed by atoms with E-state index in [1.807, 2.05) is 13.0 Å². The van der Waals surface area contributed by atoms with Crippen LogP contribution in [-0.2, 0) is 0 Å². The standard InChI is InChI=1S/C28H20BrN3O5/c1-2-35-25-16-18(9-14-23(25)37-28(34)19-10-12-20(29)13-11-19)17-30-32-26(24-8-5-15-36-24)31-22-7-4-3-6-21(22)27(32)33/h3-17H,2H2,1H3. The van der Waals surface area contributed by atoms with Crippen molar-refractivity contribution in [1.82, 2.24) is 9.66 Å². The van der Waals surface area contributed by atoms with Crippen LogP contribution in [0.3, 0.4) is 0 Å². The molecule has 0 atom stereocenters. The molecular weight excluding hydrogens is 538 g/mol. The number of carbonyl (C=O) groups is 1. The van der Waals surface area contributed by atoms with E-state index in [4.69, 9.17) is 13.9 Å². The van der Waals surface area contributed by atoms with Crippen molar-refractivity contribution in [2.45, 2.75) is 6.92 Å². The number of aromatic nitrogens is 2. The molecule has 37 heavy (non-hydrogen) atoms. The quantitative estimate of drug-likeness (QED) is 0.140. The highest BCUT2D eigenvalue weighted by Gasteiger charge is 2.15. The van der Waals surface area contributed by atoms with E-state index in [2.05, 4.69) is 26.0 Å². The van der Waals surface area contributed by atoms with Gasteiger partial charge in [-0.2, -0.15) is 9.78 Å². The van der Waals surface area contributed by atoms with Gasteiger partial charge in [0.2, 0.25) is 5.82 Å². The first-order chi connectivity index (χ1) is 18.0. The number of para-hydroxylation sites is 1. The molecule has 2 aromatic heterocycles. The molecular formula is C28H20BrN3O5. The monoisotopic (exact) mass is 557 g/mol. The molecule has 8 nitrogen and oxygen atoms in total. The zero-order valence-electron chi connectivity index (χ0n) is 19.6. The smallest absolute Gasteiger partial charge is 0.343 e. The summed E-state index contributed by atoms with van der Waals surface area (Å²) in [5, 5.41) is 4.85. The van der Waals surface area contributed by atoms with Crippen LogP contribution >= 0.6 is 15.9 Å². The maximum atomic E-state index is 13.2. The molecule has 5 rings (SSSR count). The Hall–Kier alpha value is -4.50. The normalized spacial score (nSPS) is 11.2. The molecule has 0 fully saturated rings. The van der Waals surface area contributed by atoms with Crippen molar-refractivity contribution in [2.24, 2.45) is 5.10 Å². The van der Waals surface area contributed by atoms with Crippen LogP contribution in [0.25, 0.3) is 22.5 Å². The van der Waals surface area contributed by atoms with Crippen molar-refractivity contribution in [3.05, 3.63) is 111 Å². The molecule has 9 heteroatoms. The molecule has 0 unspecified atom stereocenters. The Morgan fingerprint density at radius 2 is 1.86 bits per heavy atom. The number of carbonyl (C=O) groups excluding carboxylic acids is 1. The van der Waals surface area contributed by atoms with Crippen LogP contribution in [0.1, 0.15) is 22.8 Å². The summed E-state index contributed by atoms with van der Waals surface area (Å²) in [6.45, 7) is 2.19. The first-order valence-corrected chi connectivity index (χ1v) is 12.2. The fraction of sp³-hybridized carbons (Fsp3) is 0.0714. The summed E-state index contributed by atoms with van der Waals surface area (Å²) in [4.78, 5) is 30.4. The lowest BCUT2D eigenvalue weighted by Crippen LogP contribution is -2.20. The summed E-state index contributed by atoms with van der Waals surface area (Å²) in [5.74, 6) is 0.812. The molecule has 0 amide bonds. The number of furan rings is 1. The van der Waals surface area contributed by atoms with Crippen molar-refractivity contribution in [2.75, 3.05) is 6.61 Å². The van der Waals surface area contributed by atoms with Crippen LogP contribution in [-0.4, -0.2) is 28.5 Å². The lowest BCUT2D eigenvalue weighted by atomic mass is 10.2. The minimum atomic E-state index is -0.508. The predicted molar refractivity (Wildman–Crippen MR) is 143 cm³/mol. The van der Waals surface area contributed by atoms with Gasteiger partial charge in [0.05, 0.1) is 35.6 Å². The Kier molecular flexibility index (Phi) is 6.96. The van der Waals surface area contributed by atoms with E-state index in [9.17, 15) is 9.59 Å². The summed E-state index contributed by atoms with van der Waals surface area (Å²) in [6.07, 6.45) is 3.01. The van der Waals surface area contributed by atoms with Crippen molar-refractivity contribution >= 4 is 39.0 Å². The van der Waals surface area contributed by atoms with E-state index in [1.165, 1.54) is 17.2 Å². The molecule has 3 aromatic carbocycles. The summed E-state index contributed by atoms with van der Waals surface area (Å²) < 4.78 is 18.8. The highest BCUT2D eigenvalue weighted by Crippen LogP contribution is 2.29. The molecule has 0 spiro atoms. The summed E-state index contributed by atoms with van der Waals surface area (Å²) in [7, 11) is 0. The van der Waals surface area contributed by atoms with Gasteiger partial charge in [0.15, 0.2) is 17.3 Å². The van der Waals surface area contributed by atoms with Gasteiger partial charge in [0, 0.05) is 4.47 Å². The molecule has 184 valence electrons. The number of nitrogens with zero attached hydrogens (tertiary/aromatic N) is 3. The number of ether oxygens (including phenoxy) is 2. The molecule has 0 bridgehead atoms. The topological polar surface area (TPSA) is 95.9 Å². The lowest BCUT2D eigenvalue weighted by Gasteiger charge is -2.11. The number of rotatable bonds is 7. The first kappa shape index (κ1) is 24.2. The Bertz CT molecular complexity index is 1660. The van der Waals surface area contributed by atoms with Crippen molar-refractivity contribution in [3.63, 3.8) is 0 Å². The Morgan fingerprint density at radius 1 is 1.05 bits per heavy atom. The fourth-order valence-corrected chi connectivity index (χ4v) is 3.89. The SMILES string of the molecule is CCOc1cc(C=Nn2c(-c3ccco3)nc3ccccc3c2=O)ccc1OC(=O)c1ccc(Br)cc1. The lowest BCUT2D eigenvalue weighted by molar-refractivity contribution is 0.0728. The fourth-order valence-electron chi connectivity index (χ4n) is 3.62. The maximum Gasteiger partial charge on any atom is 0.343 e. The Morgan fingerprint density at radius 3 is 2.62 bits per heavy atom. The Balaban J connectivity index is 1.49. The van der Waals surface area contributed by atoms with Gasteiger partial charge in [-0.25, -0.2) is 9.78 Å². The van der Waals surface area contributed by atoms with Gasteiger partial charge >= 0.3 is 5.97 Å². The molecule has 0 saturated heterocycles.